The third-order valence-corrected chi connectivity index (χ3v) is 4.16. The van der Waals surface area contributed by atoms with Crippen LogP contribution in [-0.4, -0.2) is 13.1 Å². The molecule has 1 N–H and O–H groups in total. The van der Waals surface area contributed by atoms with Gasteiger partial charge in [0, 0.05) is 24.5 Å². The highest BCUT2D eigenvalue weighted by Gasteiger charge is 2.21. The standard InChI is InChI=1S/C19H24N2/c1-3-11-20-14-17-13-15(2)8-9-19(17)21-12-10-16-6-4-5-7-18(16)21/h4-9,13,20H,3,10-12,14H2,1-2H3. The first kappa shape index (κ1) is 14.2. The molecule has 0 spiro atoms. The van der Waals surface area contributed by atoms with Crippen LogP contribution < -0.4 is 10.2 Å². The number of nitrogens with zero attached hydrogens (tertiary/aromatic N) is 1. The van der Waals surface area contributed by atoms with Gasteiger partial charge in [0.05, 0.1) is 0 Å². The van der Waals surface area contributed by atoms with Gasteiger partial charge in [-0.15, -0.1) is 0 Å². The molecule has 0 saturated carbocycles. The molecule has 21 heavy (non-hydrogen) atoms. The summed E-state index contributed by atoms with van der Waals surface area (Å²) in [4.78, 5) is 2.47. The smallest absolute Gasteiger partial charge is 0.0456 e. The van der Waals surface area contributed by atoms with Gasteiger partial charge in [0.15, 0.2) is 0 Å². The second kappa shape index (κ2) is 6.31. The fourth-order valence-corrected chi connectivity index (χ4v) is 3.11. The van der Waals surface area contributed by atoms with Gasteiger partial charge < -0.3 is 10.2 Å². The van der Waals surface area contributed by atoms with Crippen LogP contribution in [-0.2, 0) is 13.0 Å². The highest BCUT2D eigenvalue weighted by molar-refractivity contribution is 5.72. The Morgan fingerprint density at radius 1 is 1.10 bits per heavy atom. The summed E-state index contributed by atoms with van der Waals surface area (Å²) in [5.41, 5.74) is 6.93. The van der Waals surface area contributed by atoms with Crippen molar-refractivity contribution >= 4 is 11.4 Å². The van der Waals surface area contributed by atoms with Gasteiger partial charge in [0.2, 0.25) is 0 Å². The van der Waals surface area contributed by atoms with Gasteiger partial charge in [-0.1, -0.05) is 42.8 Å². The summed E-state index contributed by atoms with van der Waals surface area (Å²) < 4.78 is 0. The fraction of sp³-hybridized carbons (Fsp3) is 0.368. The van der Waals surface area contributed by atoms with Crippen molar-refractivity contribution in [1.29, 1.82) is 0 Å². The van der Waals surface area contributed by atoms with Crippen LogP contribution in [0.5, 0.6) is 0 Å². The Kier molecular flexibility index (Phi) is 4.26. The Morgan fingerprint density at radius 3 is 2.81 bits per heavy atom. The first-order valence-corrected chi connectivity index (χ1v) is 7.95. The molecule has 110 valence electrons. The van der Waals surface area contributed by atoms with Crippen LogP contribution in [0.3, 0.4) is 0 Å². The van der Waals surface area contributed by atoms with Gasteiger partial charge in [0.1, 0.15) is 0 Å². The highest BCUT2D eigenvalue weighted by Crippen LogP contribution is 2.36. The van der Waals surface area contributed by atoms with E-state index in [2.05, 4.69) is 66.5 Å². The number of hydrogen-bond donors (Lipinski definition) is 1. The molecule has 2 aromatic carbocycles. The Bertz CT molecular complexity index is 619. The molecule has 0 aromatic heterocycles. The van der Waals surface area contributed by atoms with Crippen LogP contribution in [0.1, 0.15) is 30.0 Å². The minimum atomic E-state index is 0.948. The Balaban J connectivity index is 1.92. The minimum absolute atomic E-state index is 0.948. The first-order chi connectivity index (χ1) is 10.3. The lowest BCUT2D eigenvalue weighted by Crippen LogP contribution is -2.19. The molecule has 1 heterocycles. The van der Waals surface area contributed by atoms with E-state index in [1.54, 1.807) is 0 Å². The maximum absolute atomic E-state index is 3.54. The van der Waals surface area contributed by atoms with Crippen molar-refractivity contribution in [3.8, 4) is 0 Å². The number of hydrogen-bond acceptors (Lipinski definition) is 2. The van der Waals surface area contributed by atoms with Gasteiger partial charge >= 0.3 is 0 Å². The topological polar surface area (TPSA) is 15.3 Å². The number of rotatable bonds is 5. The van der Waals surface area contributed by atoms with E-state index in [4.69, 9.17) is 0 Å². The van der Waals surface area contributed by atoms with E-state index in [0.29, 0.717) is 0 Å². The molecule has 0 radical (unpaired) electrons. The average molecular weight is 280 g/mol. The number of fused-ring (bicyclic) bond motifs is 1. The second-order valence-electron chi connectivity index (χ2n) is 5.84. The van der Waals surface area contributed by atoms with Crippen LogP contribution in [0.2, 0.25) is 0 Å². The Morgan fingerprint density at radius 2 is 1.95 bits per heavy atom. The maximum atomic E-state index is 3.54. The summed E-state index contributed by atoms with van der Waals surface area (Å²) in [7, 11) is 0. The van der Waals surface area contributed by atoms with Crippen molar-refractivity contribution in [2.75, 3.05) is 18.0 Å². The SMILES string of the molecule is CCCNCc1cc(C)ccc1N1CCc2ccccc21. The predicted octanol–water partition coefficient (Wildman–Crippen LogP) is 4.19. The molecule has 1 aliphatic heterocycles. The van der Waals surface area contributed by atoms with Crippen molar-refractivity contribution in [2.45, 2.75) is 33.2 Å². The monoisotopic (exact) mass is 280 g/mol. The summed E-state index contributed by atoms with van der Waals surface area (Å²) in [6.07, 6.45) is 2.32. The minimum Gasteiger partial charge on any atom is -0.341 e. The summed E-state index contributed by atoms with van der Waals surface area (Å²) in [5.74, 6) is 0. The number of anilines is 2. The third-order valence-electron chi connectivity index (χ3n) is 4.16. The molecular formula is C19H24N2. The summed E-state index contributed by atoms with van der Waals surface area (Å²) in [6.45, 7) is 7.49. The van der Waals surface area contributed by atoms with Gasteiger partial charge in [-0.3, -0.25) is 0 Å². The zero-order chi connectivity index (χ0) is 14.7. The molecule has 1 aliphatic rings. The molecule has 0 aliphatic carbocycles. The van der Waals surface area contributed by atoms with Gasteiger partial charge in [-0.05, 0) is 49.6 Å². The molecule has 0 fully saturated rings. The molecule has 0 bridgehead atoms. The lowest BCUT2D eigenvalue weighted by molar-refractivity contribution is 0.674. The fourth-order valence-electron chi connectivity index (χ4n) is 3.11. The lowest BCUT2D eigenvalue weighted by Gasteiger charge is -2.23. The van der Waals surface area contributed by atoms with Crippen molar-refractivity contribution in [1.82, 2.24) is 5.32 Å². The normalized spacial score (nSPS) is 13.5. The van der Waals surface area contributed by atoms with Gasteiger partial charge in [-0.25, -0.2) is 0 Å². The van der Waals surface area contributed by atoms with Gasteiger partial charge in [-0.2, -0.15) is 0 Å². The number of nitrogens with one attached hydrogen (secondary N) is 1. The molecular weight excluding hydrogens is 256 g/mol. The van der Waals surface area contributed by atoms with Crippen LogP contribution in [0.4, 0.5) is 11.4 Å². The lowest BCUT2D eigenvalue weighted by atomic mass is 10.1. The second-order valence-corrected chi connectivity index (χ2v) is 5.84. The van der Waals surface area contributed by atoms with E-state index >= 15 is 0 Å². The van der Waals surface area contributed by atoms with Crippen molar-refractivity contribution in [3.63, 3.8) is 0 Å². The molecule has 3 rings (SSSR count). The summed E-state index contributed by atoms with van der Waals surface area (Å²) in [6, 6.07) is 15.6. The number of para-hydroxylation sites is 1. The van der Waals surface area contributed by atoms with Crippen molar-refractivity contribution < 1.29 is 0 Å². The zero-order valence-corrected chi connectivity index (χ0v) is 13.0. The van der Waals surface area contributed by atoms with E-state index < -0.39 is 0 Å². The maximum Gasteiger partial charge on any atom is 0.0456 e. The molecule has 0 atom stereocenters. The van der Waals surface area contributed by atoms with Crippen molar-refractivity contribution in [2.24, 2.45) is 0 Å². The molecule has 2 aromatic rings. The number of aryl methyl sites for hydroxylation is 1. The van der Waals surface area contributed by atoms with E-state index in [0.717, 1.165) is 26.1 Å². The van der Waals surface area contributed by atoms with E-state index in [1.807, 2.05) is 0 Å². The summed E-state index contributed by atoms with van der Waals surface area (Å²) in [5, 5.41) is 3.54. The van der Waals surface area contributed by atoms with E-state index in [-0.39, 0.29) is 0 Å². The third kappa shape index (κ3) is 2.96. The van der Waals surface area contributed by atoms with Crippen LogP contribution in [0.25, 0.3) is 0 Å². The molecule has 2 heteroatoms. The van der Waals surface area contributed by atoms with Crippen molar-refractivity contribution in [3.05, 3.63) is 59.2 Å². The molecule has 0 saturated heterocycles. The van der Waals surface area contributed by atoms with E-state index in [1.165, 1.54) is 34.5 Å². The summed E-state index contributed by atoms with van der Waals surface area (Å²) >= 11 is 0. The molecule has 0 amide bonds. The Labute approximate surface area is 127 Å². The molecule has 0 unspecified atom stereocenters. The quantitative estimate of drug-likeness (QED) is 0.826. The largest absolute Gasteiger partial charge is 0.341 e. The Hall–Kier alpha value is -1.80. The first-order valence-electron chi connectivity index (χ1n) is 7.95. The highest BCUT2D eigenvalue weighted by atomic mass is 15.2. The van der Waals surface area contributed by atoms with E-state index in [9.17, 15) is 0 Å². The van der Waals surface area contributed by atoms with Gasteiger partial charge in [0.25, 0.3) is 0 Å². The van der Waals surface area contributed by atoms with Crippen LogP contribution in [0.15, 0.2) is 42.5 Å². The van der Waals surface area contributed by atoms with Crippen LogP contribution in [0, 0.1) is 6.92 Å². The number of benzene rings is 2. The average Bonchev–Trinajstić information content (AvgIpc) is 2.92. The zero-order valence-electron chi connectivity index (χ0n) is 13.0. The molecule has 2 nitrogen and oxygen atoms in total. The van der Waals surface area contributed by atoms with Crippen LogP contribution >= 0.6 is 0 Å². The predicted molar refractivity (Wildman–Crippen MR) is 90.3 cm³/mol.